The summed E-state index contributed by atoms with van der Waals surface area (Å²) in [5.41, 5.74) is 0.590. The highest BCUT2D eigenvalue weighted by atomic mass is 19.4. The number of halogens is 3. The molecular formula is C15H12F3O. The zero-order valence-corrected chi connectivity index (χ0v) is 10.0. The van der Waals surface area contributed by atoms with E-state index in [1.54, 1.807) is 30.3 Å². The second-order valence-corrected chi connectivity index (χ2v) is 4.07. The molecule has 1 radical (unpaired) electrons. The molecule has 2 aromatic carbocycles. The Kier molecular flexibility index (Phi) is 4.10. The van der Waals surface area contributed by atoms with E-state index in [1.165, 1.54) is 24.3 Å². The Morgan fingerprint density at radius 2 is 1.63 bits per heavy atom. The van der Waals surface area contributed by atoms with Crippen LogP contribution in [0.3, 0.4) is 0 Å². The molecule has 0 aromatic heterocycles. The Balaban J connectivity index is 2.13. The van der Waals surface area contributed by atoms with Gasteiger partial charge in [-0.1, -0.05) is 42.5 Å². The van der Waals surface area contributed by atoms with Gasteiger partial charge in [-0.25, -0.2) is 0 Å². The van der Waals surface area contributed by atoms with Crippen LogP contribution in [0.5, 0.6) is 5.75 Å². The van der Waals surface area contributed by atoms with E-state index in [0.29, 0.717) is 5.56 Å². The van der Waals surface area contributed by atoms with E-state index in [4.69, 9.17) is 4.74 Å². The van der Waals surface area contributed by atoms with Crippen molar-refractivity contribution in [1.82, 2.24) is 0 Å². The van der Waals surface area contributed by atoms with Crippen LogP contribution in [0.25, 0.3) is 0 Å². The van der Waals surface area contributed by atoms with Crippen LogP contribution in [0.4, 0.5) is 13.2 Å². The molecule has 1 atom stereocenters. The molecule has 1 unspecified atom stereocenters. The van der Waals surface area contributed by atoms with Crippen molar-refractivity contribution >= 4 is 0 Å². The first kappa shape index (κ1) is 13.5. The van der Waals surface area contributed by atoms with Crippen LogP contribution in [-0.2, 0) is 6.42 Å². The Hall–Kier alpha value is -1.97. The van der Waals surface area contributed by atoms with Crippen molar-refractivity contribution in [1.29, 1.82) is 0 Å². The van der Waals surface area contributed by atoms with E-state index in [2.05, 4.69) is 6.07 Å². The molecule has 0 fully saturated rings. The van der Waals surface area contributed by atoms with Gasteiger partial charge in [0.05, 0.1) is 0 Å². The average molecular weight is 265 g/mol. The fourth-order valence-electron chi connectivity index (χ4n) is 1.67. The van der Waals surface area contributed by atoms with Crippen molar-refractivity contribution in [3.05, 3.63) is 66.2 Å². The van der Waals surface area contributed by atoms with E-state index < -0.39 is 12.3 Å². The van der Waals surface area contributed by atoms with E-state index >= 15 is 0 Å². The second-order valence-electron chi connectivity index (χ2n) is 4.07. The molecule has 99 valence electrons. The Labute approximate surface area is 109 Å². The van der Waals surface area contributed by atoms with Crippen molar-refractivity contribution in [3.63, 3.8) is 0 Å². The van der Waals surface area contributed by atoms with Crippen molar-refractivity contribution in [2.24, 2.45) is 0 Å². The Morgan fingerprint density at radius 1 is 1.00 bits per heavy atom. The van der Waals surface area contributed by atoms with E-state index in [-0.39, 0.29) is 12.2 Å². The molecule has 0 amide bonds. The molecule has 0 bridgehead atoms. The summed E-state index contributed by atoms with van der Waals surface area (Å²) < 4.78 is 43.9. The molecule has 1 nitrogen and oxygen atoms in total. The van der Waals surface area contributed by atoms with Crippen LogP contribution in [0, 0.1) is 6.07 Å². The standard InChI is InChI=1S/C15H12F3O/c16-15(17,18)14(11-12-7-3-1-4-8-12)19-13-9-5-2-6-10-13/h1,3-10,14H,11H2. The SMILES string of the molecule is FC(F)(F)C(Cc1ccccc1)Oc1cc[c]cc1. The summed E-state index contributed by atoms with van der Waals surface area (Å²) in [5.74, 6) is 0.192. The summed E-state index contributed by atoms with van der Waals surface area (Å²) in [6.07, 6.45) is -6.46. The molecule has 2 rings (SSSR count). The van der Waals surface area contributed by atoms with Crippen molar-refractivity contribution in [3.8, 4) is 5.75 Å². The van der Waals surface area contributed by atoms with Gasteiger partial charge in [0.15, 0.2) is 6.10 Å². The van der Waals surface area contributed by atoms with Crippen LogP contribution < -0.4 is 4.74 Å². The summed E-state index contributed by atoms with van der Waals surface area (Å²) in [5, 5.41) is 0. The number of hydrogen-bond acceptors (Lipinski definition) is 1. The van der Waals surface area contributed by atoms with E-state index in [9.17, 15) is 13.2 Å². The zero-order chi connectivity index (χ0) is 13.7. The summed E-state index contributed by atoms with van der Waals surface area (Å²) in [6.45, 7) is 0. The maximum atomic E-state index is 13.0. The molecule has 0 aliphatic carbocycles. The van der Waals surface area contributed by atoms with Crippen LogP contribution in [0.1, 0.15) is 5.56 Å². The number of benzene rings is 2. The highest BCUT2D eigenvalue weighted by Gasteiger charge is 2.41. The van der Waals surface area contributed by atoms with E-state index in [1.807, 2.05) is 0 Å². The van der Waals surface area contributed by atoms with Gasteiger partial charge in [0.1, 0.15) is 5.75 Å². The van der Waals surface area contributed by atoms with Crippen LogP contribution >= 0.6 is 0 Å². The number of hydrogen-bond donors (Lipinski definition) is 0. The zero-order valence-electron chi connectivity index (χ0n) is 10.0. The molecule has 0 spiro atoms. The maximum absolute atomic E-state index is 13.0. The Bertz CT molecular complexity index is 452. The molecule has 0 aliphatic heterocycles. The first-order valence-corrected chi connectivity index (χ1v) is 5.79. The molecule has 19 heavy (non-hydrogen) atoms. The van der Waals surface area contributed by atoms with Gasteiger partial charge in [-0.3, -0.25) is 0 Å². The van der Waals surface area contributed by atoms with Crippen molar-refractivity contribution in [2.75, 3.05) is 0 Å². The van der Waals surface area contributed by atoms with Crippen LogP contribution in [-0.4, -0.2) is 12.3 Å². The van der Waals surface area contributed by atoms with Crippen LogP contribution in [0.15, 0.2) is 54.6 Å². The van der Waals surface area contributed by atoms with Gasteiger partial charge in [-0.2, -0.15) is 13.2 Å². The molecular weight excluding hydrogens is 253 g/mol. The Morgan fingerprint density at radius 3 is 2.21 bits per heavy atom. The average Bonchev–Trinajstić information content (AvgIpc) is 2.39. The van der Waals surface area contributed by atoms with E-state index in [0.717, 1.165) is 0 Å². The fourth-order valence-corrected chi connectivity index (χ4v) is 1.67. The molecule has 0 saturated heterocycles. The van der Waals surface area contributed by atoms with Gasteiger partial charge < -0.3 is 4.74 Å². The van der Waals surface area contributed by atoms with Crippen LogP contribution in [0.2, 0.25) is 0 Å². The lowest BCUT2D eigenvalue weighted by atomic mass is 10.1. The molecule has 4 heteroatoms. The number of ether oxygens (including phenoxy) is 1. The minimum absolute atomic E-state index is 0.192. The first-order valence-electron chi connectivity index (χ1n) is 5.79. The van der Waals surface area contributed by atoms with Gasteiger partial charge in [-0.05, 0) is 23.8 Å². The molecule has 2 aromatic rings. The molecule has 0 N–H and O–H groups in total. The minimum Gasteiger partial charge on any atom is -0.481 e. The topological polar surface area (TPSA) is 9.23 Å². The lowest BCUT2D eigenvalue weighted by Gasteiger charge is -2.21. The summed E-state index contributed by atoms with van der Waals surface area (Å²) in [6, 6.07) is 17.2. The van der Waals surface area contributed by atoms with Crippen molar-refractivity contribution < 1.29 is 17.9 Å². The van der Waals surface area contributed by atoms with Gasteiger partial charge in [-0.15, -0.1) is 0 Å². The van der Waals surface area contributed by atoms with Crippen molar-refractivity contribution in [2.45, 2.75) is 18.7 Å². The van der Waals surface area contributed by atoms with Gasteiger partial charge in [0.25, 0.3) is 0 Å². The molecule has 0 aliphatic rings. The predicted octanol–water partition coefficient (Wildman–Crippen LogP) is 4.04. The number of alkyl halides is 3. The normalized spacial score (nSPS) is 13.0. The lowest BCUT2D eigenvalue weighted by Crippen LogP contribution is -2.36. The fraction of sp³-hybridized carbons (Fsp3) is 0.200. The quantitative estimate of drug-likeness (QED) is 0.810. The van der Waals surface area contributed by atoms with Gasteiger partial charge >= 0.3 is 6.18 Å². The third kappa shape index (κ3) is 4.02. The summed E-state index contributed by atoms with van der Waals surface area (Å²) in [7, 11) is 0. The largest absolute Gasteiger partial charge is 0.481 e. The smallest absolute Gasteiger partial charge is 0.425 e. The minimum atomic E-state index is -4.41. The second kappa shape index (κ2) is 5.78. The summed E-state index contributed by atoms with van der Waals surface area (Å²) in [4.78, 5) is 0. The third-order valence-electron chi connectivity index (χ3n) is 2.59. The van der Waals surface area contributed by atoms with Gasteiger partial charge in [0.2, 0.25) is 0 Å². The maximum Gasteiger partial charge on any atom is 0.425 e. The monoisotopic (exact) mass is 265 g/mol. The highest BCUT2D eigenvalue weighted by Crippen LogP contribution is 2.27. The molecule has 0 heterocycles. The summed E-state index contributed by atoms with van der Waals surface area (Å²) >= 11 is 0. The highest BCUT2D eigenvalue weighted by molar-refractivity contribution is 5.22. The lowest BCUT2D eigenvalue weighted by molar-refractivity contribution is -0.194. The third-order valence-corrected chi connectivity index (χ3v) is 2.59. The molecule has 0 saturated carbocycles. The number of rotatable bonds is 4. The van der Waals surface area contributed by atoms with Gasteiger partial charge in [0, 0.05) is 6.42 Å². The first-order chi connectivity index (χ1) is 9.05. The predicted molar refractivity (Wildman–Crippen MR) is 65.9 cm³/mol.